The fourth-order valence-electron chi connectivity index (χ4n) is 0.851. The van der Waals surface area contributed by atoms with Gasteiger partial charge in [-0.15, -0.1) is 11.8 Å². The predicted octanol–water partition coefficient (Wildman–Crippen LogP) is 1.07. The summed E-state index contributed by atoms with van der Waals surface area (Å²) < 4.78 is 9.71. The van der Waals surface area contributed by atoms with Gasteiger partial charge in [-0.05, 0) is 6.42 Å². The summed E-state index contributed by atoms with van der Waals surface area (Å²) in [6.45, 7) is 3.12. The van der Waals surface area contributed by atoms with Gasteiger partial charge in [0, 0.05) is 12.4 Å². The number of aliphatic hydroxyl groups excluding tert-OH is 1. The number of aliphatic hydroxyl groups is 1. The van der Waals surface area contributed by atoms with E-state index in [0.717, 1.165) is 12.8 Å². The minimum Gasteiger partial charge on any atom is -0.468 e. The van der Waals surface area contributed by atoms with Crippen LogP contribution in [0.1, 0.15) is 19.8 Å². The second-order valence-electron chi connectivity index (χ2n) is 3.17. The molecule has 0 spiro atoms. The Morgan fingerprint density at radius 2 is 2.27 bits per heavy atom. The molecule has 0 amide bonds. The van der Waals surface area contributed by atoms with Crippen LogP contribution in [0.2, 0.25) is 0 Å². The fraction of sp³-hybridized carbons (Fsp3) is 0.900. The average molecular weight is 236 g/mol. The number of unbranched alkanes of at least 4 members (excludes halogenated alkanes) is 1. The lowest BCUT2D eigenvalue weighted by atomic mass is 10.3. The van der Waals surface area contributed by atoms with Gasteiger partial charge in [-0.2, -0.15) is 0 Å². The number of carbonyl (C=O) groups is 1. The smallest absolute Gasteiger partial charge is 0.315 e. The van der Waals surface area contributed by atoms with E-state index in [4.69, 9.17) is 4.74 Å². The molecule has 1 N–H and O–H groups in total. The Labute approximate surface area is 95.3 Å². The highest BCUT2D eigenvalue weighted by Crippen LogP contribution is 2.04. The van der Waals surface area contributed by atoms with Crippen LogP contribution in [0.25, 0.3) is 0 Å². The summed E-state index contributed by atoms with van der Waals surface area (Å²) in [4.78, 5) is 10.7. The summed E-state index contributed by atoms with van der Waals surface area (Å²) in [5.41, 5.74) is 0. The topological polar surface area (TPSA) is 55.8 Å². The van der Waals surface area contributed by atoms with Gasteiger partial charge < -0.3 is 14.6 Å². The van der Waals surface area contributed by atoms with Gasteiger partial charge in [0.25, 0.3) is 0 Å². The van der Waals surface area contributed by atoms with Crippen molar-refractivity contribution in [3.63, 3.8) is 0 Å². The molecule has 0 saturated heterocycles. The molecule has 0 bridgehead atoms. The minimum absolute atomic E-state index is 0.265. The van der Waals surface area contributed by atoms with Crippen molar-refractivity contribution in [1.29, 1.82) is 0 Å². The monoisotopic (exact) mass is 236 g/mol. The van der Waals surface area contributed by atoms with E-state index in [2.05, 4.69) is 11.7 Å². The molecule has 0 aliphatic heterocycles. The first kappa shape index (κ1) is 14.7. The number of hydrogen-bond donors (Lipinski definition) is 1. The van der Waals surface area contributed by atoms with E-state index < -0.39 is 6.10 Å². The molecule has 0 rings (SSSR count). The molecular weight excluding hydrogens is 216 g/mol. The van der Waals surface area contributed by atoms with Crippen molar-refractivity contribution in [1.82, 2.24) is 0 Å². The van der Waals surface area contributed by atoms with Crippen LogP contribution < -0.4 is 0 Å². The Morgan fingerprint density at radius 1 is 1.53 bits per heavy atom. The molecule has 0 aromatic heterocycles. The van der Waals surface area contributed by atoms with E-state index in [1.807, 2.05) is 0 Å². The van der Waals surface area contributed by atoms with Gasteiger partial charge in [0.15, 0.2) is 0 Å². The highest BCUT2D eigenvalue weighted by molar-refractivity contribution is 7.99. The molecule has 15 heavy (non-hydrogen) atoms. The van der Waals surface area contributed by atoms with Crippen LogP contribution in [0.4, 0.5) is 0 Å². The largest absolute Gasteiger partial charge is 0.468 e. The molecule has 4 nitrogen and oxygen atoms in total. The van der Waals surface area contributed by atoms with Crippen LogP contribution in [-0.4, -0.2) is 49.0 Å². The van der Waals surface area contributed by atoms with E-state index >= 15 is 0 Å². The van der Waals surface area contributed by atoms with Crippen molar-refractivity contribution in [2.45, 2.75) is 25.9 Å². The van der Waals surface area contributed by atoms with E-state index in [1.54, 1.807) is 0 Å². The van der Waals surface area contributed by atoms with Crippen molar-refractivity contribution < 1.29 is 19.4 Å². The SMILES string of the molecule is CCCCOCC(O)CSCC(=O)OC. The van der Waals surface area contributed by atoms with Crippen LogP contribution in [0.5, 0.6) is 0 Å². The number of rotatable bonds is 9. The molecule has 0 aliphatic rings. The van der Waals surface area contributed by atoms with Crippen LogP contribution in [0.15, 0.2) is 0 Å². The quantitative estimate of drug-likeness (QED) is 0.479. The first-order chi connectivity index (χ1) is 7.20. The number of carbonyl (C=O) groups excluding carboxylic acids is 1. The Bertz CT molecular complexity index is 164. The predicted molar refractivity (Wildman–Crippen MR) is 61.1 cm³/mol. The highest BCUT2D eigenvalue weighted by atomic mass is 32.2. The lowest BCUT2D eigenvalue weighted by Gasteiger charge is -2.10. The number of methoxy groups -OCH3 is 1. The van der Waals surface area contributed by atoms with Crippen molar-refractivity contribution in [3.05, 3.63) is 0 Å². The average Bonchev–Trinajstić information content (AvgIpc) is 2.24. The van der Waals surface area contributed by atoms with Gasteiger partial charge in [0.2, 0.25) is 0 Å². The zero-order valence-corrected chi connectivity index (χ0v) is 10.2. The Kier molecular flexibility index (Phi) is 10.1. The van der Waals surface area contributed by atoms with Crippen molar-refractivity contribution >= 4 is 17.7 Å². The maximum atomic E-state index is 10.7. The van der Waals surface area contributed by atoms with Crippen LogP contribution in [0, 0.1) is 0 Å². The first-order valence-electron chi connectivity index (χ1n) is 5.11. The second-order valence-corrected chi connectivity index (χ2v) is 4.20. The third-order valence-electron chi connectivity index (χ3n) is 1.71. The normalized spacial score (nSPS) is 12.5. The lowest BCUT2D eigenvalue weighted by molar-refractivity contribution is -0.137. The Balaban J connectivity index is 3.25. The van der Waals surface area contributed by atoms with Crippen molar-refractivity contribution in [2.75, 3.05) is 31.8 Å². The van der Waals surface area contributed by atoms with Gasteiger partial charge in [0.1, 0.15) is 0 Å². The summed E-state index contributed by atoms with van der Waals surface area (Å²) in [7, 11) is 1.35. The van der Waals surface area contributed by atoms with Crippen molar-refractivity contribution in [3.8, 4) is 0 Å². The first-order valence-corrected chi connectivity index (χ1v) is 6.26. The third-order valence-corrected chi connectivity index (χ3v) is 2.77. The van der Waals surface area contributed by atoms with Crippen LogP contribution in [-0.2, 0) is 14.3 Å². The summed E-state index contributed by atoms with van der Waals surface area (Å²) in [6.07, 6.45) is 1.60. The zero-order chi connectivity index (χ0) is 11.5. The second kappa shape index (κ2) is 10.3. The summed E-state index contributed by atoms with van der Waals surface area (Å²) >= 11 is 1.35. The molecule has 5 heteroatoms. The highest BCUT2D eigenvalue weighted by Gasteiger charge is 2.06. The summed E-state index contributed by atoms with van der Waals surface area (Å²) in [6, 6.07) is 0. The van der Waals surface area contributed by atoms with E-state index in [1.165, 1.54) is 18.9 Å². The Hall–Kier alpha value is -0.260. The standard InChI is InChI=1S/C10H20O4S/c1-3-4-5-14-6-9(11)7-15-8-10(12)13-2/h9,11H,3-8H2,1-2H3. The van der Waals surface area contributed by atoms with Gasteiger partial charge in [0.05, 0.1) is 25.6 Å². The van der Waals surface area contributed by atoms with E-state index in [-0.39, 0.29) is 11.7 Å². The lowest BCUT2D eigenvalue weighted by Crippen LogP contribution is -2.19. The molecule has 0 saturated carbocycles. The maximum Gasteiger partial charge on any atom is 0.315 e. The van der Waals surface area contributed by atoms with Gasteiger partial charge in [-0.25, -0.2) is 0 Å². The molecule has 1 atom stereocenters. The summed E-state index contributed by atoms with van der Waals surface area (Å²) in [5.74, 6) is 0.517. The molecule has 1 unspecified atom stereocenters. The molecular formula is C10H20O4S. The van der Waals surface area contributed by atoms with Gasteiger partial charge in [-0.3, -0.25) is 4.79 Å². The number of esters is 1. The number of thioether (sulfide) groups is 1. The molecule has 0 heterocycles. The molecule has 0 aliphatic carbocycles. The number of hydrogen-bond acceptors (Lipinski definition) is 5. The minimum atomic E-state index is -0.503. The van der Waals surface area contributed by atoms with Gasteiger partial charge >= 0.3 is 5.97 Å². The zero-order valence-electron chi connectivity index (χ0n) is 9.40. The fourth-order valence-corrected chi connectivity index (χ4v) is 1.62. The molecule has 90 valence electrons. The Morgan fingerprint density at radius 3 is 2.87 bits per heavy atom. The van der Waals surface area contributed by atoms with E-state index in [0.29, 0.717) is 19.0 Å². The molecule has 0 aromatic carbocycles. The van der Waals surface area contributed by atoms with Crippen LogP contribution >= 0.6 is 11.8 Å². The maximum absolute atomic E-state index is 10.7. The van der Waals surface area contributed by atoms with Crippen molar-refractivity contribution in [2.24, 2.45) is 0 Å². The number of ether oxygens (including phenoxy) is 2. The van der Waals surface area contributed by atoms with Gasteiger partial charge in [-0.1, -0.05) is 13.3 Å². The van der Waals surface area contributed by atoms with E-state index in [9.17, 15) is 9.90 Å². The molecule has 0 fully saturated rings. The summed E-state index contributed by atoms with van der Waals surface area (Å²) in [5, 5.41) is 9.44. The molecule has 0 radical (unpaired) electrons. The third kappa shape index (κ3) is 10.0. The molecule has 0 aromatic rings. The van der Waals surface area contributed by atoms with Crippen LogP contribution in [0.3, 0.4) is 0 Å².